The highest BCUT2D eigenvalue weighted by atomic mass is 16.6. The van der Waals surface area contributed by atoms with Gasteiger partial charge in [0.05, 0.1) is 12.4 Å². The van der Waals surface area contributed by atoms with E-state index < -0.39 is 30.1 Å². The summed E-state index contributed by atoms with van der Waals surface area (Å²) in [5.74, 6) is 0.227. The van der Waals surface area contributed by atoms with Gasteiger partial charge in [-0.3, -0.25) is 4.57 Å². The molecule has 9 heteroatoms. The lowest BCUT2D eigenvalue weighted by Crippen LogP contribution is -2.59. The lowest BCUT2D eigenvalue weighted by atomic mass is 9.73. The van der Waals surface area contributed by atoms with E-state index in [4.69, 9.17) is 10.5 Å². The first-order valence-electron chi connectivity index (χ1n) is 6.69. The van der Waals surface area contributed by atoms with Crippen LogP contribution in [0.25, 0.3) is 11.2 Å². The van der Waals surface area contributed by atoms with Crippen LogP contribution in [0.1, 0.15) is 19.1 Å². The quantitative estimate of drug-likeness (QED) is 0.501. The molecule has 1 aliphatic heterocycles. The van der Waals surface area contributed by atoms with E-state index in [0.29, 0.717) is 24.0 Å². The van der Waals surface area contributed by atoms with Crippen molar-refractivity contribution in [1.82, 2.24) is 19.5 Å². The Morgan fingerprint density at radius 2 is 2.10 bits per heavy atom. The van der Waals surface area contributed by atoms with Gasteiger partial charge in [0.15, 0.2) is 17.7 Å². The number of imidazole rings is 1. The van der Waals surface area contributed by atoms with Crippen LogP contribution >= 0.6 is 0 Å². The van der Waals surface area contributed by atoms with Crippen LogP contribution in [0.3, 0.4) is 0 Å². The number of fused-ring (bicyclic) bond motifs is 1. The minimum absolute atomic E-state index is 0.227. The summed E-state index contributed by atoms with van der Waals surface area (Å²) in [6, 6.07) is 0. The van der Waals surface area contributed by atoms with Crippen molar-refractivity contribution in [2.45, 2.75) is 43.0 Å². The van der Waals surface area contributed by atoms with Crippen molar-refractivity contribution in [2.24, 2.45) is 0 Å². The van der Waals surface area contributed by atoms with Crippen molar-refractivity contribution in [3.05, 3.63) is 12.7 Å². The highest BCUT2D eigenvalue weighted by Crippen LogP contribution is 2.49. The van der Waals surface area contributed by atoms with Gasteiger partial charge in [-0.25, -0.2) is 15.0 Å². The van der Waals surface area contributed by atoms with Gasteiger partial charge >= 0.3 is 0 Å². The van der Waals surface area contributed by atoms with Crippen LogP contribution in [0.2, 0.25) is 0 Å². The minimum Gasteiger partial charge on any atom is -0.390 e. The molecule has 1 aliphatic carbocycles. The number of ether oxygens (including phenoxy) is 1. The van der Waals surface area contributed by atoms with Crippen molar-refractivity contribution in [1.29, 1.82) is 0 Å². The predicted molar refractivity (Wildman–Crippen MR) is 69.8 cm³/mol. The molecule has 2 unspecified atom stereocenters. The fourth-order valence-electron chi connectivity index (χ4n) is 3.13. The molecule has 1 spiro atoms. The average Bonchev–Trinajstić information content (AvgIpc) is 3.01. The second kappa shape index (κ2) is 4.10. The van der Waals surface area contributed by atoms with Crippen LogP contribution in [0.15, 0.2) is 12.7 Å². The number of hydrogen-bond acceptors (Lipinski definition) is 8. The van der Waals surface area contributed by atoms with Crippen LogP contribution in [0.5, 0.6) is 0 Å². The van der Waals surface area contributed by atoms with E-state index in [2.05, 4.69) is 15.0 Å². The summed E-state index contributed by atoms with van der Waals surface area (Å²) in [6.07, 6.45) is -0.266. The van der Waals surface area contributed by atoms with E-state index in [0.717, 1.165) is 0 Å². The van der Waals surface area contributed by atoms with E-state index in [1.165, 1.54) is 17.2 Å². The molecule has 5 N–H and O–H groups in total. The molecule has 0 amide bonds. The number of anilines is 1. The molecule has 5 atom stereocenters. The van der Waals surface area contributed by atoms with Gasteiger partial charge < -0.3 is 25.8 Å². The Kier molecular flexibility index (Phi) is 2.52. The maximum Gasteiger partial charge on any atom is 0.167 e. The number of aromatic nitrogens is 4. The van der Waals surface area contributed by atoms with E-state index in [-0.39, 0.29) is 5.82 Å². The first-order chi connectivity index (χ1) is 10.0. The van der Waals surface area contributed by atoms with Gasteiger partial charge in [0, 0.05) is 0 Å². The minimum atomic E-state index is -1.19. The van der Waals surface area contributed by atoms with Crippen LogP contribution in [0, 0.1) is 0 Å². The van der Waals surface area contributed by atoms with Gasteiger partial charge in [-0.2, -0.15) is 0 Å². The maximum absolute atomic E-state index is 10.3. The molecule has 2 aromatic rings. The van der Waals surface area contributed by atoms with Crippen molar-refractivity contribution in [2.75, 3.05) is 5.73 Å². The van der Waals surface area contributed by atoms with E-state index >= 15 is 0 Å². The summed E-state index contributed by atoms with van der Waals surface area (Å²) in [7, 11) is 0. The van der Waals surface area contributed by atoms with Crippen LogP contribution in [-0.4, -0.2) is 58.8 Å². The molecule has 2 fully saturated rings. The van der Waals surface area contributed by atoms with Gasteiger partial charge in [0.2, 0.25) is 0 Å². The molecular formula is C12H15N5O4. The first-order valence-corrected chi connectivity index (χ1v) is 6.69. The highest BCUT2D eigenvalue weighted by Gasteiger charge is 2.63. The van der Waals surface area contributed by atoms with Gasteiger partial charge in [-0.1, -0.05) is 0 Å². The molecule has 1 saturated heterocycles. The zero-order chi connectivity index (χ0) is 14.8. The molecular weight excluding hydrogens is 278 g/mol. The Morgan fingerprint density at radius 3 is 2.71 bits per heavy atom. The zero-order valence-electron chi connectivity index (χ0n) is 11.0. The molecule has 21 heavy (non-hydrogen) atoms. The van der Waals surface area contributed by atoms with Gasteiger partial charge in [0.25, 0.3) is 0 Å². The molecule has 0 aromatic carbocycles. The number of nitrogens with zero attached hydrogens (tertiary/aromatic N) is 4. The number of aliphatic hydroxyl groups is 3. The molecule has 112 valence electrons. The Bertz CT molecular complexity index is 706. The monoisotopic (exact) mass is 293 g/mol. The predicted octanol–water partition coefficient (Wildman–Crippen LogP) is -1.45. The molecule has 0 bridgehead atoms. The molecule has 2 aromatic heterocycles. The highest BCUT2D eigenvalue weighted by molar-refractivity contribution is 5.81. The zero-order valence-corrected chi connectivity index (χ0v) is 11.0. The smallest absolute Gasteiger partial charge is 0.167 e. The number of nitrogens with two attached hydrogens (primary N) is 1. The second-order valence-electron chi connectivity index (χ2n) is 5.54. The molecule has 9 nitrogen and oxygen atoms in total. The van der Waals surface area contributed by atoms with Gasteiger partial charge in [0.1, 0.15) is 29.7 Å². The molecule has 3 heterocycles. The summed E-state index contributed by atoms with van der Waals surface area (Å²) in [6.45, 7) is 0. The van der Waals surface area contributed by atoms with Gasteiger partial charge in [-0.05, 0) is 12.8 Å². The topological polar surface area (TPSA) is 140 Å². The van der Waals surface area contributed by atoms with Crippen molar-refractivity contribution in [3.8, 4) is 0 Å². The summed E-state index contributed by atoms with van der Waals surface area (Å²) in [5, 5.41) is 30.4. The third-order valence-corrected chi connectivity index (χ3v) is 4.49. The Morgan fingerprint density at radius 1 is 1.29 bits per heavy atom. The van der Waals surface area contributed by atoms with Crippen LogP contribution in [0.4, 0.5) is 5.82 Å². The number of rotatable bonds is 1. The number of hydrogen-bond donors (Lipinski definition) is 4. The summed E-state index contributed by atoms with van der Waals surface area (Å²) < 4.78 is 7.29. The molecule has 4 rings (SSSR count). The third kappa shape index (κ3) is 1.51. The van der Waals surface area contributed by atoms with E-state index in [9.17, 15) is 15.3 Å². The fraction of sp³-hybridized carbons (Fsp3) is 0.583. The van der Waals surface area contributed by atoms with Crippen molar-refractivity contribution < 1.29 is 20.1 Å². The number of aliphatic hydroxyl groups excluding tert-OH is 3. The summed E-state index contributed by atoms with van der Waals surface area (Å²) in [4.78, 5) is 12.0. The largest absolute Gasteiger partial charge is 0.390 e. The Balaban J connectivity index is 1.78. The second-order valence-corrected chi connectivity index (χ2v) is 5.54. The molecule has 0 radical (unpaired) electrons. The average molecular weight is 293 g/mol. The van der Waals surface area contributed by atoms with Crippen LogP contribution < -0.4 is 5.73 Å². The van der Waals surface area contributed by atoms with Gasteiger partial charge in [-0.15, -0.1) is 0 Å². The molecule has 2 aliphatic rings. The number of nitrogen functional groups attached to an aromatic ring is 1. The Hall–Kier alpha value is -1.81. The molecule has 1 saturated carbocycles. The van der Waals surface area contributed by atoms with Crippen molar-refractivity contribution >= 4 is 17.0 Å². The lowest BCUT2D eigenvalue weighted by molar-refractivity contribution is -0.213. The fourth-order valence-corrected chi connectivity index (χ4v) is 3.13. The summed E-state index contributed by atoms with van der Waals surface area (Å²) in [5.41, 5.74) is 5.42. The normalized spacial score (nSPS) is 39.0. The SMILES string of the molecule is Nc1ncnc2c1ncn2[C@@H]1O[C@@]2(CC[C@H]2O)C(O)C1O. The lowest BCUT2D eigenvalue weighted by Gasteiger charge is -2.44. The maximum atomic E-state index is 10.3. The van der Waals surface area contributed by atoms with Crippen LogP contribution in [-0.2, 0) is 4.74 Å². The van der Waals surface area contributed by atoms with Crippen molar-refractivity contribution in [3.63, 3.8) is 0 Å². The third-order valence-electron chi connectivity index (χ3n) is 4.49. The van der Waals surface area contributed by atoms with E-state index in [1.54, 1.807) is 0 Å². The van der Waals surface area contributed by atoms with E-state index in [1.807, 2.05) is 0 Å². The first kappa shape index (κ1) is 12.9. The Labute approximate surface area is 119 Å². The standard InChI is InChI=1S/C12H15N5O4/c13-9-6-10(15-3-14-9)17(4-16-6)11-7(19)8(20)12(21-11)2-1-5(12)18/h3-5,7-8,11,18-20H,1-2H2,(H2,13,14,15)/t5-,7?,8?,11-,12-/m1/s1. The summed E-state index contributed by atoms with van der Waals surface area (Å²) >= 11 is 0.